The highest BCUT2D eigenvalue weighted by atomic mass is 16.5. The van der Waals surface area contributed by atoms with Crippen molar-refractivity contribution in [2.24, 2.45) is 12.8 Å². The van der Waals surface area contributed by atoms with Crippen LogP contribution in [0.1, 0.15) is 19.2 Å². The summed E-state index contributed by atoms with van der Waals surface area (Å²) in [5.74, 6) is 1.01. The zero-order valence-electron chi connectivity index (χ0n) is 8.94. The fourth-order valence-corrected chi connectivity index (χ4v) is 1.27. The van der Waals surface area contributed by atoms with Crippen LogP contribution in [0.3, 0.4) is 0 Å². The lowest BCUT2D eigenvalue weighted by atomic mass is 10.2. The van der Waals surface area contributed by atoms with E-state index in [4.69, 9.17) is 10.5 Å². The number of hydrogen-bond donors (Lipinski definition) is 1. The van der Waals surface area contributed by atoms with Gasteiger partial charge < -0.3 is 15.0 Å². The van der Waals surface area contributed by atoms with Crippen molar-refractivity contribution in [3.63, 3.8) is 0 Å². The van der Waals surface area contributed by atoms with Crippen molar-refractivity contribution in [1.29, 1.82) is 0 Å². The molecule has 0 aromatic carbocycles. The van der Waals surface area contributed by atoms with Crippen LogP contribution in [0.25, 0.3) is 0 Å². The van der Waals surface area contributed by atoms with E-state index in [-0.39, 0.29) is 6.04 Å². The molecular weight excluding hydrogens is 178 g/mol. The summed E-state index contributed by atoms with van der Waals surface area (Å²) in [5.41, 5.74) is 5.90. The molecule has 0 spiro atoms. The predicted molar refractivity (Wildman–Crippen MR) is 56.0 cm³/mol. The van der Waals surface area contributed by atoms with E-state index in [9.17, 15) is 0 Å². The molecule has 1 heterocycles. The van der Waals surface area contributed by atoms with Gasteiger partial charge in [0.05, 0.1) is 6.61 Å². The maximum atomic E-state index is 5.90. The molecule has 14 heavy (non-hydrogen) atoms. The van der Waals surface area contributed by atoms with Crippen molar-refractivity contribution in [2.45, 2.75) is 25.8 Å². The van der Waals surface area contributed by atoms with E-state index < -0.39 is 0 Å². The van der Waals surface area contributed by atoms with Crippen LogP contribution >= 0.6 is 0 Å². The summed E-state index contributed by atoms with van der Waals surface area (Å²) in [4.78, 5) is 4.21. The molecule has 0 fully saturated rings. The SMILES string of the molecule is CCCOCC(N)Cc1nccn1C. The Morgan fingerprint density at radius 2 is 2.43 bits per heavy atom. The normalized spacial score (nSPS) is 13.1. The summed E-state index contributed by atoms with van der Waals surface area (Å²) < 4.78 is 7.36. The number of nitrogens with zero attached hydrogens (tertiary/aromatic N) is 2. The number of imidazole rings is 1. The number of ether oxygens (including phenoxy) is 1. The molecule has 2 N–H and O–H groups in total. The minimum atomic E-state index is 0.0441. The van der Waals surface area contributed by atoms with E-state index in [1.54, 1.807) is 6.20 Å². The van der Waals surface area contributed by atoms with Gasteiger partial charge in [-0.25, -0.2) is 4.98 Å². The first kappa shape index (κ1) is 11.2. The number of aromatic nitrogens is 2. The van der Waals surface area contributed by atoms with Crippen LogP contribution in [0.4, 0.5) is 0 Å². The molecule has 0 amide bonds. The Morgan fingerprint density at radius 1 is 1.64 bits per heavy atom. The van der Waals surface area contributed by atoms with Crippen molar-refractivity contribution in [3.8, 4) is 0 Å². The maximum Gasteiger partial charge on any atom is 0.110 e. The van der Waals surface area contributed by atoms with E-state index >= 15 is 0 Å². The standard InChI is InChI=1S/C10H19N3O/c1-3-6-14-8-9(11)7-10-12-4-5-13(10)2/h4-5,9H,3,6-8,11H2,1-2H3. The summed E-state index contributed by atoms with van der Waals surface area (Å²) in [7, 11) is 1.97. The highest BCUT2D eigenvalue weighted by Crippen LogP contribution is 1.98. The van der Waals surface area contributed by atoms with Gasteiger partial charge in [-0.15, -0.1) is 0 Å². The first-order chi connectivity index (χ1) is 6.74. The zero-order chi connectivity index (χ0) is 10.4. The molecule has 1 aromatic rings. The molecule has 0 aliphatic carbocycles. The van der Waals surface area contributed by atoms with E-state index in [1.165, 1.54) is 0 Å². The van der Waals surface area contributed by atoms with E-state index in [0.29, 0.717) is 6.61 Å². The van der Waals surface area contributed by atoms with E-state index in [2.05, 4.69) is 11.9 Å². The molecule has 0 saturated heterocycles. The van der Waals surface area contributed by atoms with Crippen molar-refractivity contribution in [3.05, 3.63) is 18.2 Å². The largest absolute Gasteiger partial charge is 0.380 e. The predicted octanol–water partition coefficient (Wildman–Crippen LogP) is 0.716. The Bertz CT molecular complexity index is 260. The van der Waals surface area contributed by atoms with Gasteiger partial charge >= 0.3 is 0 Å². The molecule has 0 bridgehead atoms. The third-order valence-corrected chi connectivity index (χ3v) is 2.05. The zero-order valence-corrected chi connectivity index (χ0v) is 8.94. The van der Waals surface area contributed by atoms with Crippen LogP contribution in [0.2, 0.25) is 0 Å². The number of nitrogens with two attached hydrogens (primary N) is 1. The third-order valence-electron chi connectivity index (χ3n) is 2.05. The summed E-state index contributed by atoms with van der Waals surface area (Å²) >= 11 is 0. The summed E-state index contributed by atoms with van der Waals surface area (Å²) in [6, 6.07) is 0.0441. The Kier molecular flexibility index (Phi) is 4.62. The van der Waals surface area contributed by atoms with Crippen molar-refractivity contribution < 1.29 is 4.74 Å². The highest BCUT2D eigenvalue weighted by molar-refractivity contribution is 4.93. The second-order valence-corrected chi connectivity index (χ2v) is 3.49. The van der Waals surface area contributed by atoms with Gasteiger partial charge in [-0.3, -0.25) is 0 Å². The van der Waals surface area contributed by atoms with Gasteiger partial charge in [0.25, 0.3) is 0 Å². The first-order valence-electron chi connectivity index (χ1n) is 5.03. The molecular formula is C10H19N3O. The van der Waals surface area contributed by atoms with Crippen LogP contribution < -0.4 is 5.73 Å². The summed E-state index contributed by atoms with van der Waals surface area (Å²) in [6.45, 7) is 3.49. The lowest BCUT2D eigenvalue weighted by Gasteiger charge is -2.11. The average molecular weight is 197 g/mol. The molecule has 4 heteroatoms. The van der Waals surface area contributed by atoms with Gasteiger partial charge in [-0.05, 0) is 6.42 Å². The van der Waals surface area contributed by atoms with Crippen LogP contribution in [-0.4, -0.2) is 28.8 Å². The summed E-state index contributed by atoms with van der Waals surface area (Å²) in [5, 5.41) is 0. The van der Waals surface area contributed by atoms with Crippen LogP contribution in [0.15, 0.2) is 12.4 Å². The topological polar surface area (TPSA) is 53.1 Å². The molecule has 0 aliphatic heterocycles. The molecule has 0 radical (unpaired) electrons. The van der Waals surface area contributed by atoms with Crippen LogP contribution in [-0.2, 0) is 18.2 Å². The quantitative estimate of drug-likeness (QED) is 0.684. The Labute approximate surface area is 85.1 Å². The van der Waals surface area contributed by atoms with Gasteiger partial charge in [-0.2, -0.15) is 0 Å². The fraction of sp³-hybridized carbons (Fsp3) is 0.700. The minimum absolute atomic E-state index is 0.0441. The molecule has 0 aliphatic rings. The number of rotatable bonds is 6. The highest BCUT2D eigenvalue weighted by Gasteiger charge is 2.07. The monoisotopic (exact) mass is 197 g/mol. The Hall–Kier alpha value is -0.870. The van der Waals surface area contributed by atoms with Gasteiger partial charge in [0, 0.05) is 38.5 Å². The molecule has 4 nitrogen and oxygen atoms in total. The van der Waals surface area contributed by atoms with E-state index in [0.717, 1.165) is 25.3 Å². The Balaban J connectivity index is 2.27. The molecule has 1 aromatic heterocycles. The molecule has 1 unspecified atom stereocenters. The molecule has 1 atom stereocenters. The maximum absolute atomic E-state index is 5.90. The Morgan fingerprint density at radius 3 is 3.00 bits per heavy atom. The lowest BCUT2D eigenvalue weighted by molar-refractivity contribution is 0.121. The van der Waals surface area contributed by atoms with Crippen molar-refractivity contribution in [2.75, 3.05) is 13.2 Å². The molecule has 0 saturated carbocycles. The van der Waals surface area contributed by atoms with Gasteiger partial charge in [0.2, 0.25) is 0 Å². The van der Waals surface area contributed by atoms with E-state index in [1.807, 2.05) is 17.8 Å². The third kappa shape index (κ3) is 3.47. The smallest absolute Gasteiger partial charge is 0.110 e. The molecule has 1 rings (SSSR count). The van der Waals surface area contributed by atoms with Gasteiger partial charge in [-0.1, -0.05) is 6.92 Å². The minimum Gasteiger partial charge on any atom is -0.380 e. The first-order valence-corrected chi connectivity index (χ1v) is 5.03. The van der Waals surface area contributed by atoms with Crippen molar-refractivity contribution >= 4 is 0 Å². The van der Waals surface area contributed by atoms with Gasteiger partial charge in [0.15, 0.2) is 0 Å². The fourth-order valence-electron chi connectivity index (χ4n) is 1.27. The lowest BCUT2D eigenvalue weighted by Crippen LogP contribution is -2.29. The average Bonchev–Trinajstić information content (AvgIpc) is 2.52. The van der Waals surface area contributed by atoms with Crippen molar-refractivity contribution in [1.82, 2.24) is 9.55 Å². The second kappa shape index (κ2) is 5.78. The summed E-state index contributed by atoms with van der Waals surface area (Å²) in [6.07, 6.45) is 5.52. The van der Waals surface area contributed by atoms with Crippen LogP contribution in [0, 0.1) is 0 Å². The second-order valence-electron chi connectivity index (χ2n) is 3.49. The number of hydrogen-bond acceptors (Lipinski definition) is 3. The number of aryl methyl sites for hydroxylation is 1. The molecule has 80 valence electrons. The van der Waals surface area contributed by atoms with Crippen LogP contribution in [0.5, 0.6) is 0 Å². The van der Waals surface area contributed by atoms with Gasteiger partial charge in [0.1, 0.15) is 5.82 Å².